The summed E-state index contributed by atoms with van der Waals surface area (Å²) in [6, 6.07) is 15.6. The Hall–Kier alpha value is -1.02. The van der Waals surface area contributed by atoms with Gasteiger partial charge in [-0.3, -0.25) is 0 Å². The highest BCUT2D eigenvalue weighted by atomic mass is 79.9. The van der Waals surface area contributed by atoms with Crippen LogP contribution in [-0.4, -0.2) is 31.7 Å². The van der Waals surface area contributed by atoms with Gasteiger partial charge < -0.3 is 19.4 Å². The van der Waals surface area contributed by atoms with Crippen LogP contribution in [0, 0.1) is 0 Å². The summed E-state index contributed by atoms with van der Waals surface area (Å²) in [5.41, 5.74) is 2.05. The second kappa shape index (κ2) is 9.86. The number of hydrogen-bond donors (Lipinski definition) is 2. The van der Waals surface area contributed by atoms with Crippen molar-refractivity contribution >= 4 is 24.2 Å². The van der Waals surface area contributed by atoms with E-state index >= 15 is 0 Å². The zero-order valence-corrected chi connectivity index (χ0v) is 20.6. The Kier molecular flexibility index (Phi) is 8.24. The third kappa shape index (κ3) is 6.74. The molecule has 0 aliphatic carbocycles. The molecular weight excluding hydrogens is 448 g/mol. The molecule has 1 aliphatic heterocycles. The highest BCUT2D eigenvalue weighted by Crippen LogP contribution is 2.37. The monoisotopic (exact) mass is 480 g/mol. The molecular formula is C23H33BrO4Si. The fraction of sp³-hybridized carbons (Fsp3) is 0.478. The largest absolute Gasteiger partial charge is 0.413 e. The summed E-state index contributed by atoms with van der Waals surface area (Å²) >= 11 is 3.48. The summed E-state index contributed by atoms with van der Waals surface area (Å²) < 4.78 is 12.2. The molecule has 2 aromatic carbocycles. The number of aliphatic hydroxyl groups excluding tert-OH is 1. The van der Waals surface area contributed by atoms with Crippen molar-refractivity contribution in [1.29, 1.82) is 0 Å². The molecule has 0 spiro atoms. The zero-order valence-electron chi connectivity index (χ0n) is 18.0. The van der Waals surface area contributed by atoms with Crippen LogP contribution in [0.1, 0.15) is 37.5 Å². The highest BCUT2D eigenvalue weighted by Gasteiger charge is 2.38. The summed E-state index contributed by atoms with van der Waals surface area (Å²) in [6.07, 6.45) is 0. The molecule has 3 rings (SSSR count). The Morgan fingerprint density at radius 2 is 1.69 bits per heavy atom. The Balaban J connectivity index is 0.000000211. The lowest BCUT2D eigenvalue weighted by atomic mass is 9.91. The third-order valence-corrected chi connectivity index (χ3v) is 10.6. The molecule has 29 heavy (non-hydrogen) atoms. The first-order valence-corrected chi connectivity index (χ1v) is 13.6. The van der Waals surface area contributed by atoms with E-state index in [-0.39, 0.29) is 11.6 Å². The molecule has 0 atom stereocenters. The van der Waals surface area contributed by atoms with E-state index in [9.17, 15) is 5.11 Å². The summed E-state index contributed by atoms with van der Waals surface area (Å²) in [7, 11) is -1.62. The number of aliphatic hydroxyl groups is 2. The molecule has 1 fully saturated rings. The first kappa shape index (κ1) is 24.2. The number of hydrogen-bond acceptors (Lipinski definition) is 4. The molecule has 0 aromatic heterocycles. The van der Waals surface area contributed by atoms with E-state index in [1.54, 1.807) is 0 Å². The Labute approximate surface area is 184 Å². The standard InChI is InChI=1S/C13H21BrOSi.C10H12O3/c1-13(2,3)16(4,5)15-10-11-7-6-8-12(14)9-11;11-5-8-2-1-3-9(4-8)10(12)6-13-7-10/h6-9H,10H2,1-5H3;1-4,11-12H,5-7H2. The van der Waals surface area contributed by atoms with Crippen LogP contribution in [0.25, 0.3) is 0 Å². The average molecular weight is 482 g/mol. The topological polar surface area (TPSA) is 58.9 Å². The fourth-order valence-electron chi connectivity index (χ4n) is 2.53. The number of halogens is 1. The van der Waals surface area contributed by atoms with Gasteiger partial charge in [-0.25, -0.2) is 0 Å². The second-order valence-corrected chi connectivity index (χ2v) is 14.8. The maximum atomic E-state index is 9.89. The van der Waals surface area contributed by atoms with Gasteiger partial charge in [0.2, 0.25) is 0 Å². The van der Waals surface area contributed by atoms with Crippen molar-refractivity contribution < 1.29 is 19.4 Å². The van der Waals surface area contributed by atoms with Gasteiger partial charge in [0.05, 0.1) is 26.4 Å². The molecule has 0 unspecified atom stereocenters. The van der Waals surface area contributed by atoms with Crippen LogP contribution >= 0.6 is 15.9 Å². The molecule has 0 amide bonds. The van der Waals surface area contributed by atoms with Crippen LogP contribution in [-0.2, 0) is 28.0 Å². The van der Waals surface area contributed by atoms with Gasteiger partial charge in [-0.2, -0.15) is 0 Å². The fourth-order valence-corrected chi connectivity index (χ4v) is 3.94. The minimum atomic E-state index is -1.62. The van der Waals surface area contributed by atoms with Crippen molar-refractivity contribution in [2.24, 2.45) is 0 Å². The van der Waals surface area contributed by atoms with Gasteiger partial charge in [-0.05, 0) is 47.0 Å². The van der Waals surface area contributed by atoms with Crippen molar-refractivity contribution in [3.63, 3.8) is 0 Å². The van der Waals surface area contributed by atoms with Crippen LogP contribution < -0.4 is 0 Å². The summed E-state index contributed by atoms with van der Waals surface area (Å²) in [5, 5.41) is 19.1. The summed E-state index contributed by atoms with van der Waals surface area (Å²) in [5.74, 6) is 0. The maximum absolute atomic E-state index is 9.89. The van der Waals surface area contributed by atoms with Crippen molar-refractivity contribution in [3.05, 3.63) is 69.7 Å². The third-order valence-electron chi connectivity index (χ3n) is 5.62. The molecule has 1 heterocycles. The highest BCUT2D eigenvalue weighted by molar-refractivity contribution is 9.10. The van der Waals surface area contributed by atoms with E-state index in [0.29, 0.717) is 13.2 Å². The first-order chi connectivity index (χ1) is 13.5. The molecule has 1 saturated heterocycles. The molecule has 6 heteroatoms. The lowest BCUT2D eigenvalue weighted by molar-refractivity contribution is -0.184. The van der Waals surface area contributed by atoms with Crippen molar-refractivity contribution in [3.8, 4) is 0 Å². The van der Waals surface area contributed by atoms with E-state index < -0.39 is 13.9 Å². The van der Waals surface area contributed by atoms with Crippen molar-refractivity contribution in [2.75, 3.05) is 13.2 Å². The van der Waals surface area contributed by atoms with E-state index in [4.69, 9.17) is 14.3 Å². The summed E-state index contributed by atoms with van der Waals surface area (Å²) in [4.78, 5) is 0. The predicted octanol–water partition coefficient (Wildman–Crippen LogP) is 5.37. The van der Waals surface area contributed by atoms with Gasteiger partial charge in [0.15, 0.2) is 8.32 Å². The molecule has 2 aromatic rings. The van der Waals surface area contributed by atoms with Gasteiger partial charge >= 0.3 is 0 Å². The SMILES string of the molecule is CC(C)(C)[Si](C)(C)OCc1cccc(Br)c1.OCc1cccc(C2(O)COC2)c1. The minimum absolute atomic E-state index is 0.00474. The molecule has 0 saturated carbocycles. The maximum Gasteiger partial charge on any atom is 0.192 e. The quantitative estimate of drug-likeness (QED) is 0.564. The van der Waals surface area contributed by atoms with Gasteiger partial charge in [-0.1, -0.05) is 73.1 Å². The van der Waals surface area contributed by atoms with E-state index in [1.165, 1.54) is 5.56 Å². The Morgan fingerprint density at radius 3 is 2.21 bits per heavy atom. The number of benzene rings is 2. The second-order valence-electron chi connectivity index (χ2n) is 9.06. The van der Waals surface area contributed by atoms with Crippen LogP contribution in [0.15, 0.2) is 53.0 Å². The molecule has 4 nitrogen and oxygen atoms in total. The van der Waals surface area contributed by atoms with Gasteiger partial charge in [-0.15, -0.1) is 0 Å². The van der Waals surface area contributed by atoms with Crippen LogP contribution in [0.3, 0.4) is 0 Å². The molecule has 0 radical (unpaired) electrons. The Bertz CT molecular complexity index is 797. The van der Waals surface area contributed by atoms with Crippen molar-refractivity contribution in [1.82, 2.24) is 0 Å². The molecule has 1 aliphatic rings. The van der Waals surface area contributed by atoms with E-state index in [1.807, 2.05) is 30.3 Å². The van der Waals surface area contributed by atoms with E-state index in [2.05, 4.69) is 68.0 Å². The van der Waals surface area contributed by atoms with E-state index in [0.717, 1.165) is 22.2 Å². The Morgan fingerprint density at radius 1 is 1.07 bits per heavy atom. The van der Waals surface area contributed by atoms with Gasteiger partial charge in [0.25, 0.3) is 0 Å². The number of rotatable bonds is 5. The van der Waals surface area contributed by atoms with Gasteiger partial charge in [0.1, 0.15) is 5.60 Å². The normalized spacial score (nSPS) is 15.9. The number of ether oxygens (including phenoxy) is 1. The van der Waals surface area contributed by atoms with Crippen LogP contribution in [0.4, 0.5) is 0 Å². The van der Waals surface area contributed by atoms with Crippen LogP contribution in [0.5, 0.6) is 0 Å². The molecule has 160 valence electrons. The lowest BCUT2D eigenvalue weighted by Gasteiger charge is -2.36. The zero-order chi connectivity index (χ0) is 21.7. The molecule has 2 N–H and O–H groups in total. The van der Waals surface area contributed by atoms with Crippen molar-refractivity contribution in [2.45, 2.75) is 57.7 Å². The molecule has 0 bridgehead atoms. The van der Waals surface area contributed by atoms with Crippen LogP contribution in [0.2, 0.25) is 18.1 Å². The lowest BCUT2D eigenvalue weighted by Crippen LogP contribution is -2.46. The smallest absolute Gasteiger partial charge is 0.192 e. The minimum Gasteiger partial charge on any atom is -0.413 e. The van der Waals surface area contributed by atoms with Gasteiger partial charge in [0, 0.05) is 4.47 Å². The predicted molar refractivity (Wildman–Crippen MR) is 123 cm³/mol. The average Bonchev–Trinajstić information content (AvgIpc) is 2.64. The first-order valence-electron chi connectivity index (χ1n) is 9.86. The summed E-state index contributed by atoms with van der Waals surface area (Å²) in [6.45, 7) is 12.8.